The van der Waals surface area contributed by atoms with Gasteiger partial charge in [-0.25, -0.2) is 9.37 Å². The molecule has 1 amide bonds. The Morgan fingerprint density at radius 2 is 2.17 bits per heavy atom. The first-order valence-corrected chi connectivity index (χ1v) is 6.12. The maximum absolute atomic E-state index is 13.0. The second kappa shape index (κ2) is 5.46. The molecule has 0 spiro atoms. The standard InChI is InChI=1S/C12H7BrClFN2O/c13-8-2-1-5-16-11(8)12(18)17-10-6-7(15)3-4-9(10)14/h1-6H,(H,17,18). The smallest absolute Gasteiger partial charge is 0.275 e. The summed E-state index contributed by atoms with van der Waals surface area (Å²) in [6.45, 7) is 0. The monoisotopic (exact) mass is 328 g/mol. The zero-order valence-corrected chi connectivity index (χ0v) is 11.3. The van der Waals surface area contributed by atoms with Gasteiger partial charge in [-0.15, -0.1) is 0 Å². The molecule has 1 aromatic heterocycles. The molecule has 0 atom stereocenters. The van der Waals surface area contributed by atoms with Crippen LogP contribution in [0.25, 0.3) is 0 Å². The Morgan fingerprint density at radius 3 is 2.89 bits per heavy atom. The topological polar surface area (TPSA) is 42.0 Å². The number of halogens is 3. The molecule has 3 nitrogen and oxygen atoms in total. The van der Waals surface area contributed by atoms with Crippen molar-refractivity contribution in [2.75, 3.05) is 5.32 Å². The number of amides is 1. The molecule has 1 heterocycles. The number of nitrogens with zero attached hydrogens (tertiary/aromatic N) is 1. The van der Waals surface area contributed by atoms with E-state index in [9.17, 15) is 9.18 Å². The highest BCUT2D eigenvalue weighted by molar-refractivity contribution is 9.10. The van der Waals surface area contributed by atoms with Gasteiger partial charge in [-0.1, -0.05) is 11.6 Å². The van der Waals surface area contributed by atoms with Crippen molar-refractivity contribution in [1.82, 2.24) is 4.98 Å². The number of benzene rings is 1. The molecule has 0 unspecified atom stereocenters. The van der Waals surface area contributed by atoms with Crippen molar-refractivity contribution in [3.05, 3.63) is 57.5 Å². The number of rotatable bonds is 2. The van der Waals surface area contributed by atoms with E-state index in [0.29, 0.717) is 4.47 Å². The van der Waals surface area contributed by atoms with Gasteiger partial charge in [0.05, 0.1) is 10.7 Å². The molecule has 0 aliphatic carbocycles. The molecule has 2 rings (SSSR count). The molecule has 92 valence electrons. The first-order chi connectivity index (χ1) is 8.58. The molecular weight excluding hydrogens is 322 g/mol. The first-order valence-electron chi connectivity index (χ1n) is 4.95. The van der Waals surface area contributed by atoms with Crippen LogP contribution >= 0.6 is 27.5 Å². The van der Waals surface area contributed by atoms with Gasteiger partial charge >= 0.3 is 0 Å². The second-order valence-corrected chi connectivity index (χ2v) is 4.67. The molecule has 0 aliphatic heterocycles. The average Bonchev–Trinajstić information content (AvgIpc) is 2.34. The predicted octanol–water partition coefficient (Wildman–Crippen LogP) is 3.89. The van der Waals surface area contributed by atoms with Crippen LogP contribution in [0.15, 0.2) is 41.0 Å². The van der Waals surface area contributed by atoms with Gasteiger partial charge in [0, 0.05) is 10.7 Å². The Hall–Kier alpha value is -1.46. The summed E-state index contributed by atoms with van der Waals surface area (Å²) < 4.78 is 13.6. The highest BCUT2D eigenvalue weighted by Gasteiger charge is 2.13. The summed E-state index contributed by atoms with van der Waals surface area (Å²) in [5.74, 6) is -0.940. The van der Waals surface area contributed by atoms with Gasteiger partial charge in [0.25, 0.3) is 5.91 Å². The van der Waals surface area contributed by atoms with E-state index in [1.54, 1.807) is 12.1 Å². The van der Waals surface area contributed by atoms with Crippen molar-refractivity contribution in [1.29, 1.82) is 0 Å². The molecule has 0 aliphatic rings. The summed E-state index contributed by atoms with van der Waals surface area (Å²) in [6, 6.07) is 7.12. The second-order valence-electron chi connectivity index (χ2n) is 3.41. The van der Waals surface area contributed by atoms with Gasteiger partial charge in [0.15, 0.2) is 0 Å². The Morgan fingerprint density at radius 1 is 1.39 bits per heavy atom. The highest BCUT2D eigenvalue weighted by Crippen LogP contribution is 2.23. The average molecular weight is 330 g/mol. The molecule has 0 saturated carbocycles. The maximum Gasteiger partial charge on any atom is 0.275 e. The lowest BCUT2D eigenvalue weighted by atomic mass is 10.3. The van der Waals surface area contributed by atoms with Crippen molar-refractivity contribution < 1.29 is 9.18 Å². The molecule has 0 saturated heterocycles. The van der Waals surface area contributed by atoms with Crippen LogP contribution in [0, 0.1) is 5.82 Å². The number of pyridine rings is 1. The number of anilines is 1. The van der Waals surface area contributed by atoms with Crippen LogP contribution < -0.4 is 5.32 Å². The zero-order chi connectivity index (χ0) is 13.1. The molecule has 18 heavy (non-hydrogen) atoms. The molecule has 6 heteroatoms. The third-order valence-electron chi connectivity index (χ3n) is 2.15. The number of nitrogens with one attached hydrogen (secondary N) is 1. The van der Waals surface area contributed by atoms with E-state index in [4.69, 9.17) is 11.6 Å². The van der Waals surface area contributed by atoms with Crippen LogP contribution in [0.5, 0.6) is 0 Å². The summed E-state index contributed by atoms with van der Waals surface area (Å²) in [5.41, 5.74) is 0.414. The quantitative estimate of drug-likeness (QED) is 0.908. The Balaban J connectivity index is 2.27. The predicted molar refractivity (Wildman–Crippen MR) is 71.3 cm³/mol. The van der Waals surface area contributed by atoms with E-state index in [0.717, 1.165) is 6.07 Å². The summed E-state index contributed by atoms with van der Waals surface area (Å²) in [6.07, 6.45) is 1.49. The van der Waals surface area contributed by atoms with Crippen molar-refractivity contribution in [2.24, 2.45) is 0 Å². The fourth-order valence-electron chi connectivity index (χ4n) is 1.33. The van der Waals surface area contributed by atoms with Gasteiger partial charge in [-0.05, 0) is 46.3 Å². The van der Waals surface area contributed by atoms with E-state index >= 15 is 0 Å². The van der Waals surface area contributed by atoms with Crippen molar-refractivity contribution in [2.45, 2.75) is 0 Å². The molecule has 0 bridgehead atoms. The van der Waals surface area contributed by atoms with E-state index in [-0.39, 0.29) is 16.4 Å². The molecule has 1 aromatic carbocycles. The van der Waals surface area contributed by atoms with Crippen molar-refractivity contribution in [3.63, 3.8) is 0 Å². The van der Waals surface area contributed by atoms with Gasteiger partial charge in [-0.3, -0.25) is 4.79 Å². The minimum atomic E-state index is -0.477. The minimum absolute atomic E-state index is 0.206. The van der Waals surface area contributed by atoms with E-state index in [1.807, 2.05) is 0 Å². The number of hydrogen-bond donors (Lipinski definition) is 1. The fourth-order valence-corrected chi connectivity index (χ4v) is 1.93. The van der Waals surface area contributed by atoms with Crippen molar-refractivity contribution in [3.8, 4) is 0 Å². The highest BCUT2D eigenvalue weighted by atomic mass is 79.9. The first kappa shape index (κ1) is 13.0. The van der Waals surface area contributed by atoms with Gasteiger partial charge in [0.1, 0.15) is 11.5 Å². The normalized spacial score (nSPS) is 10.2. The van der Waals surface area contributed by atoms with E-state index in [1.165, 1.54) is 18.3 Å². The third-order valence-corrected chi connectivity index (χ3v) is 3.12. The SMILES string of the molecule is O=C(Nc1cc(F)ccc1Cl)c1ncccc1Br. The number of aromatic nitrogens is 1. The van der Waals surface area contributed by atoms with Gasteiger partial charge < -0.3 is 5.32 Å². The summed E-state index contributed by atoms with van der Waals surface area (Å²) in [7, 11) is 0. The Bertz CT molecular complexity index is 606. The van der Waals surface area contributed by atoms with Crippen LogP contribution in [0.1, 0.15) is 10.5 Å². The van der Waals surface area contributed by atoms with Crippen LogP contribution in [0.4, 0.5) is 10.1 Å². The number of carbonyl (C=O) groups excluding carboxylic acids is 1. The maximum atomic E-state index is 13.0. The Kier molecular flexibility index (Phi) is 3.93. The lowest BCUT2D eigenvalue weighted by Crippen LogP contribution is -2.14. The van der Waals surface area contributed by atoms with Crippen LogP contribution in [0.3, 0.4) is 0 Å². The zero-order valence-electron chi connectivity index (χ0n) is 8.95. The molecule has 2 aromatic rings. The van der Waals surface area contributed by atoms with Gasteiger partial charge in [0.2, 0.25) is 0 Å². The lowest BCUT2D eigenvalue weighted by Gasteiger charge is -2.07. The van der Waals surface area contributed by atoms with E-state index in [2.05, 4.69) is 26.2 Å². The minimum Gasteiger partial charge on any atom is -0.319 e. The van der Waals surface area contributed by atoms with Crippen LogP contribution in [0.2, 0.25) is 5.02 Å². The molecular formula is C12H7BrClFN2O. The Labute approximate surface area is 116 Å². The molecule has 0 radical (unpaired) electrons. The summed E-state index contributed by atoms with van der Waals surface area (Å²) >= 11 is 9.07. The van der Waals surface area contributed by atoms with E-state index < -0.39 is 11.7 Å². The van der Waals surface area contributed by atoms with Crippen molar-refractivity contribution >= 4 is 39.1 Å². The molecule has 1 N–H and O–H groups in total. The fraction of sp³-hybridized carbons (Fsp3) is 0. The molecule has 0 fully saturated rings. The summed E-state index contributed by atoms with van der Waals surface area (Å²) in [5, 5.41) is 2.77. The number of hydrogen-bond acceptors (Lipinski definition) is 2. The van der Waals surface area contributed by atoms with Crippen LogP contribution in [-0.2, 0) is 0 Å². The third kappa shape index (κ3) is 2.86. The summed E-state index contributed by atoms with van der Waals surface area (Å²) in [4.78, 5) is 15.8. The lowest BCUT2D eigenvalue weighted by molar-refractivity contribution is 0.102. The van der Waals surface area contributed by atoms with Crippen LogP contribution in [-0.4, -0.2) is 10.9 Å². The number of carbonyl (C=O) groups is 1. The van der Waals surface area contributed by atoms with Gasteiger partial charge in [-0.2, -0.15) is 0 Å². The largest absolute Gasteiger partial charge is 0.319 e.